The molecule has 1 aromatic carbocycles. The first-order valence-corrected chi connectivity index (χ1v) is 4.98. The van der Waals surface area contributed by atoms with E-state index in [4.69, 9.17) is 5.11 Å². The number of rotatable bonds is 2. The molecule has 0 radical (unpaired) electrons. The molecule has 4 heteroatoms. The van der Waals surface area contributed by atoms with Gasteiger partial charge in [0.2, 0.25) is 5.91 Å². The van der Waals surface area contributed by atoms with Crippen molar-refractivity contribution < 1.29 is 9.90 Å². The number of imidazole rings is 1. The zero-order valence-corrected chi connectivity index (χ0v) is 8.92. The minimum Gasteiger partial charge on any atom is -0.508 e. The Balaban J connectivity index is 2.14. The van der Waals surface area contributed by atoms with Crippen LogP contribution >= 0.6 is 0 Å². The van der Waals surface area contributed by atoms with E-state index in [1.165, 1.54) is 4.57 Å². The Morgan fingerprint density at radius 1 is 1.38 bits per heavy atom. The molecule has 4 nitrogen and oxygen atoms in total. The SMILES string of the molecule is Cc1nccn1C(=O)Cc1ccc(O)cc1. The van der Waals surface area contributed by atoms with Gasteiger partial charge in [0.25, 0.3) is 0 Å². The maximum Gasteiger partial charge on any atom is 0.236 e. The molecule has 0 fully saturated rings. The van der Waals surface area contributed by atoms with Crippen LogP contribution in [0.4, 0.5) is 0 Å². The maximum absolute atomic E-state index is 11.8. The van der Waals surface area contributed by atoms with Gasteiger partial charge in [0.1, 0.15) is 11.6 Å². The Hall–Kier alpha value is -2.10. The predicted molar refractivity (Wildman–Crippen MR) is 59.4 cm³/mol. The molecule has 1 N–H and O–H groups in total. The molecule has 0 aliphatic rings. The largest absolute Gasteiger partial charge is 0.508 e. The summed E-state index contributed by atoms with van der Waals surface area (Å²) in [5, 5.41) is 9.12. The molecule has 0 atom stereocenters. The van der Waals surface area contributed by atoms with Crippen LogP contribution in [0.1, 0.15) is 16.2 Å². The van der Waals surface area contributed by atoms with Crippen molar-refractivity contribution in [3.05, 3.63) is 48.0 Å². The number of benzene rings is 1. The maximum atomic E-state index is 11.8. The summed E-state index contributed by atoms with van der Waals surface area (Å²) in [6.07, 6.45) is 3.56. The molecular formula is C12H12N2O2. The molecule has 2 aromatic rings. The van der Waals surface area contributed by atoms with Crippen molar-refractivity contribution in [3.8, 4) is 5.75 Å². The van der Waals surface area contributed by atoms with Crippen LogP contribution in [0.2, 0.25) is 0 Å². The zero-order valence-electron chi connectivity index (χ0n) is 8.92. The molecule has 0 aliphatic carbocycles. The van der Waals surface area contributed by atoms with Gasteiger partial charge in [0.05, 0.1) is 6.42 Å². The number of hydrogen-bond acceptors (Lipinski definition) is 3. The molecule has 0 spiro atoms. The fraction of sp³-hybridized carbons (Fsp3) is 0.167. The van der Waals surface area contributed by atoms with Crippen molar-refractivity contribution in [1.82, 2.24) is 9.55 Å². The van der Waals surface area contributed by atoms with E-state index in [0.29, 0.717) is 12.2 Å². The quantitative estimate of drug-likeness (QED) is 0.832. The number of phenols is 1. The Morgan fingerprint density at radius 2 is 2.06 bits per heavy atom. The number of nitrogens with zero attached hydrogens (tertiary/aromatic N) is 2. The molecule has 1 aromatic heterocycles. The number of aromatic hydroxyl groups is 1. The summed E-state index contributed by atoms with van der Waals surface area (Å²) < 4.78 is 1.52. The molecule has 0 saturated heterocycles. The van der Waals surface area contributed by atoms with Crippen molar-refractivity contribution in [3.63, 3.8) is 0 Å². The van der Waals surface area contributed by atoms with E-state index in [9.17, 15) is 4.79 Å². The lowest BCUT2D eigenvalue weighted by Gasteiger charge is -2.03. The van der Waals surface area contributed by atoms with Crippen LogP contribution in [0.15, 0.2) is 36.7 Å². The standard InChI is InChI=1S/C12H12N2O2/c1-9-13-6-7-14(9)12(16)8-10-2-4-11(15)5-3-10/h2-7,15H,8H2,1H3. The summed E-state index contributed by atoms with van der Waals surface area (Å²) in [6.45, 7) is 1.79. The summed E-state index contributed by atoms with van der Waals surface area (Å²) in [5.74, 6) is 0.861. The minimum atomic E-state index is -0.0271. The predicted octanol–water partition coefficient (Wildman–Crippen LogP) is 1.78. The number of aromatic nitrogens is 2. The van der Waals surface area contributed by atoms with Gasteiger partial charge in [0, 0.05) is 12.4 Å². The number of hydrogen-bond donors (Lipinski definition) is 1. The Morgan fingerprint density at radius 3 is 2.62 bits per heavy atom. The second-order valence-electron chi connectivity index (χ2n) is 3.58. The third kappa shape index (κ3) is 2.11. The van der Waals surface area contributed by atoms with Crippen molar-refractivity contribution in [2.75, 3.05) is 0 Å². The van der Waals surface area contributed by atoms with Crippen molar-refractivity contribution >= 4 is 5.91 Å². The van der Waals surface area contributed by atoms with Crippen molar-refractivity contribution in [2.24, 2.45) is 0 Å². The van der Waals surface area contributed by atoms with Gasteiger partial charge in [-0.3, -0.25) is 9.36 Å². The average Bonchev–Trinajstić information content (AvgIpc) is 2.68. The molecule has 1 heterocycles. The number of aryl methyl sites for hydroxylation is 1. The molecule has 0 unspecified atom stereocenters. The summed E-state index contributed by atoms with van der Waals surface area (Å²) in [7, 11) is 0. The summed E-state index contributed by atoms with van der Waals surface area (Å²) in [6, 6.07) is 6.62. The Labute approximate surface area is 93.2 Å². The van der Waals surface area contributed by atoms with Gasteiger partial charge < -0.3 is 5.11 Å². The summed E-state index contributed by atoms with van der Waals surface area (Å²) >= 11 is 0. The number of carbonyl (C=O) groups is 1. The lowest BCUT2D eigenvalue weighted by Crippen LogP contribution is -2.13. The van der Waals surface area contributed by atoms with Crippen molar-refractivity contribution in [2.45, 2.75) is 13.3 Å². The topological polar surface area (TPSA) is 55.1 Å². The second-order valence-corrected chi connectivity index (χ2v) is 3.58. The lowest BCUT2D eigenvalue weighted by atomic mass is 10.1. The fourth-order valence-corrected chi connectivity index (χ4v) is 1.52. The van der Waals surface area contributed by atoms with Crippen LogP contribution in [0.5, 0.6) is 5.75 Å². The highest BCUT2D eigenvalue weighted by atomic mass is 16.3. The summed E-state index contributed by atoms with van der Waals surface area (Å²) in [4.78, 5) is 15.8. The highest BCUT2D eigenvalue weighted by Crippen LogP contribution is 2.11. The van der Waals surface area contributed by atoms with Crippen LogP contribution in [0, 0.1) is 6.92 Å². The second kappa shape index (κ2) is 4.18. The summed E-state index contributed by atoms with van der Waals surface area (Å²) in [5.41, 5.74) is 0.871. The molecule has 2 rings (SSSR count). The monoisotopic (exact) mass is 216 g/mol. The fourth-order valence-electron chi connectivity index (χ4n) is 1.52. The molecule has 0 saturated carbocycles. The molecule has 82 valence electrons. The first kappa shape index (κ1) is 10.4. The molecule has 0 bridgehead atoms. The van der Waals surface area contributed by atoms with E-state index in [-0.39, 0.29) is 11.7 Å². The molecule has 0 amide bonds. The van der Waals surface area contributed by atoms with Crippen LogP contribution in [0.3, 0.4) is 0 Å². The van der Waals surface area contributed by atoms with E-state index < -0.39 is 0 Å². The average molecular weight is 216 g/mol. The van der Waals surface area contributed by atoms with Crippen molar-refractivity contribution in [1.29, 1.82) is 0 Å². The number of carbonyl (C=O) groups excluding carboxylic acids is 1. The van der Waals surface area contributed by atoms with Crippen LogP contribution < -0.4 is 0 Å². The zero-order chi connectivity index (χ0) is 11.5. The van der Waals surface area contributed by atoms with E-state index in [0.717, 1.165) is 5.56 Å². The van der Waals surface area contributed by atoms with Crippen LogP contribution in [-0.4, -0.2) is 20.6 Å². The van der Waals surface area contributed by atoms with Gasteiger partial charge in [-0.15, -0.1) is 0 Å². The lowest BCUT2D eigenvalue weighted by molar-refractivity contribution is 0.0911. The van der Waals surface area contributed by atoms with Crippen LogP contribution in [0.25, 0.3) is 0 Å². The van der Waals surface area contributed by atoms with Crippen LogP contribution in [-0.2, 0) is 6.42 Å². The molecule has 0 aliphatic heterocycles. The highest BCUT2D eigenvalue weighted by Gasteiger charge is 2.08. The van der Waals surface area contributed by atoms with Gasteiger partial charge in [0.15, 0.2) is 0 Å². The van der Waals surface area contributed by atoms with E-state index >= 15 is 0 Å². The van der Waals surface area contributed by atoms with Gasteiger partial charge in [-0.1, -0.05) is 12.1 Å². The minimum absolute atomic E-state index is 0.0271. The van der Waals surface area contributed by atoms with Gasteiger partial charge in [-0.05, 0) is 24.6 Å². The van der Waals surface area contributed by atoms with E-state index in [1.54, 1.807) is 43.6 Å². The first-order chi connectivity index (χ1) is 7.66. The van der Waals surface area contributed by atoms with Gasteiger partial charge in [-0.2, -0.15) is 0 Å². The molecule has 16 heavy (non-hydrogen) atoms. The highest BCUT2D eigenvalue weighted by molar-refractivity contribution is 5.81. The normalized spacial score (nSPS) is 10.3. The first-order valence-electron chi connectivity index (χ1n) is 4.98. The Kier molecular flexibility index (Phi) is 2.72. The third-order valence-electron chi connectivity index (χ3n) is 2.39. The third-order valence-corrected chi connectivity index (χ3v) is 2.39. The van der Waals surface area contributed by atoms with Gasteiger partial charge >= 0.3 is 0 Å². The van der Waals surface area contributed by atoms with Gasteiger partial charge in [-0.25, -0.2) is 4.98 Å². The smallest absolute Gasteiger partial charge is 0.236 e. The number of phenolic OH excluding ortho intramolecular Hbond substituents is 1. The van der Waals surface area contributed by atoms with E-state index in [1.807, 2.05) is 0 Å². The molecular weight excluding hydrogens is 204 g/mol. The Bertz CT molecular complexity index is 500. The van der Waals surface area contributed by atoms with E-state index in [2.05, 4.69) is 4.98 Å².